The maximum atomic E-state index is 12.1. The van der Waals surface area contributed by atoms with Crippen LogP contribution in [-0.2, 0) is 15.6 Å². The molecule has 0 heterocycles. The number of hydrogen-bond donors (Lipinski definition) is 2. The third kappa shape index (κ3) is 2.62. The Morgan fingerprint density at radius 3 is 2.28 bits per heavy atom. The maximum Gasteiger partial charge on any atom is 0.186 e. The number of phenolic OH excluding ortho intramolecular Hbond substituents is 2. The zero-order chi connectivity index (χ0) is 13.2. The highest BCUT2D eigenvalue weighted by atomic mass is 32.2. The van der Waals surface area contributed by atoms with Gasteiger partial charge in [0.2, 0.25) is 0 Å². The number of rotatable bonds is 3. The summed E-state index contributed by atoms with van der Waals surface area (Å²) in [6.45, 7) is 0. The van der Waals surface area contributed by atoms with Crippen molar-refractivity contribution in [3.05, 3.63) is 54.1 Å². The van der Waals surface area contributed by atoms with Crippen LogP contribution in [0, 0.1) is 0 Å². The van der Waals surface area contributed by atoms with Crippen LogP contribution < -0.4 is 0 Å². The molecule has 0 aliphatic heterocycles. The van der Waals surface area contributed by atoms with E-state index in [1.54, 1.807) is 30.3 Å². The van der Waals surface area contributed by atoms with Crippen molar-refractivity contribution in [3.63, 3.8) is 0 Å². The van der Waals surface area contributed by atoms with Crippen molar-refractivity contribution in [2.45, 2.75) is 10.6 Å². The molecule has 0 aliphatic carbocycles. The Morgan fingerprint density at radius 2 is 1.61 bits per heavy atom. The number of phenols is 2. The average molecular weight is 264 g/mol. The monoisotopic (exact) mass is 264 g/mol. The van der Waals surface area contributed by atoms with Gasteiger partial charge in [-0.05, 0) is 17.7 Å². The molecule has 0 fully saturated rings. The first kappa shape index (κ1) is 12.4. The highest BCUT2D eigenvalue weighted by molar-refractivity contribution is 7.90. The van der Waals surface area contributed by atoms with Crippen molar-refractivity contribution in [1.29, 1.82) is 0 Å². The maximum absolute atomic E-state index is 12.1. The van der Waals surface area contributed by atoms with Gasteiger partial charge in [-0.3, -0.25) is 0 Å². The van der Waals surface area contributed by atoms with Crippen LogP contribution in [0.1, 0.15) is 5.56 Å². The van der Waals surface area contributed by atoms with Gasteiger partial charge in [-0.15, -0.1) is 0 Å². The Bertz CT molecular complexity index is 648. The van der Waals surface area contributed by atoms with Gasteiger partial charge in [-0.25, -0.2) is 8.42 Å². The second kappa shape index (κ2) is 4.70. The lowest BCUT2D eigenvalue weighted by molar-refractivity contribution is 0.445. The summed E-state index contributed by atoms with van der Waals surface area (Å²) in [4.78, 5) is -0.258. The van der Waals surface area contributed by atoms with Crippen molar-refractivity contribution in [2.75, 3.05) is 0 Å². The Hall–Kier alpha value is -2.01. The van der Waals surface area contributed by atoms with Crippen molar-refractivity contribution in [2.24, 2.45) is 0 Å². The quantitative estimate of drug-likeness (QED) is 0.832. The fourth-order valence-corrected chi connectivity index (χ4v) is 3.10. The first-order valence-corrected chi connectivity index (χ1v) is 6.93. The molecule has 0 aliphatic rings. The molecule has 5 heteroatoms. The van der Waals surface area contributed by atoms with E-state index in [2.05, 4.69) is 0 Å². The second-order valence-electron chi connectivity index (χ2n) is 3.90. The highest BCUT2D eigenvalue weighted by Gasteiger charge is 2.20. The van der Waals surface area contributed by atoms with Crippen molar-refractivity contribution >= 4 is 9.84 Å². The SMILES string of the molecule is O=S(=O)(Cc1ccccc1)c1cc(O)ccc1O. The predicted octanol–water partition coefficient (Wildman–Crippen LogP) is 2.07. The lowest BCUT2D eigenvalue weighted by atomic mass is 10.2. The average Bonchev–Trinajstić information content (AvgIpc) is 2.33. The second-order valence-corrected chi connectivity index (χ2v) is 5.85. The summed E-state index contributed by atoms with van der Waals surface area (Å²) in [5, 5.41) is 18.8. The number of hydrogen-bond acceptors (Lipinski definition) is 4. The van der Waals surface area contributed by atoms with Gasteiger partial charge in [0.25, 0.3) is 0 Å². The normalized spacial score (nSPS) is 11.3. The minimum Gasteiger partial charge on any atom is -0.508 e. The lowest BCUT2D eigenvalue weighted by Gasteiger charge is -2.07. The fraction of sp³-hybridized carbons (Fsp3) is 0.0769. The van der Waals surface area contributed by atoms with Gasteiger partial charge in [-0.2, -0.15) is 0 Å². The van der Waals surface area contributed by atoms with Crippen LogP contribution in [0.2, 0.25) is 0 Å². The molecule has 2 aromatic rings. The van der Waals surface area contributed by atoms with Crippen LogP contribution in [0.25, 0.3) is 0 Å². The molecular formula is C13H12O4S. The van der Waals surface area contributed by atoms with Crippen molar-refractivity contribution in [3.8, 4) is 11.5 Å². The summed E-state index contributed by atoms with van der Waals surface area (Å²) in [5.41, 5.74) is 0.625. The van der Waals surface area contributed by atoms with E-state index in [1.165, 1.54) is 6.07 Å². The Labute approximate surface area is 105 Å². The molecule has 0 aromatic heterocycles. The molecule has 0 amide bonds. The summed E-state index contributed by atoms with van der Waals surface area (Å²) < 4.78 is 24.2. The molecule has 4 nitrogen and oxygen atoms in total. The van der Waals surface area contributed by atoms with Gasteiger partial charge < -0.3 is 10.2 Å². The minimum absolute atomic E-state index is 0.195. The van der Waals surface area contributed by atoms with E-state index < -0.39 is 9.84 Å². The van der Waals surface area contributed by atoms with E-state index in [4.69, 9.17) is 0 Å². The zero-order valence-electron chi connectivity index (χ0n) is 9.45. The predicted molar refractivity (Wildman–Crippen MR) is 67.1 cm³/mol. The standard InChI is InChI=1S/C13H12O4S/c14-11-6-7-12(15)13(8-11)18(16,17)9-10-4-2-1-3-5-10/h1-8,14-15H,9H2. The van der Waals surface area contributed by atoms with Crippen LogP contribution >= 0.6 is 0 Å². The van der Waals surface area contributed by atoms with Crippen LogP contribution in [0.3, 0.4) is 0 Å². The Morgan fingerprint density at radius 1 is 0.944 bits per heavy atom. The topological polar surface area (TPSA) is 74.6 Å². The number of aromatic hydroxyl groups is 2. The third-order valence-electron chi connectivity index (χ3n) is 2.48. The van der Waals surface area contributed by atoms with E-state index in [9.17, 15) is 18.6 Å². The zero-order valence-corrected chi connectivity index (χ0v) is 10.3. The summed E-state index contributed by atoms with van der Waals surface area (Å²) in [5.74, 6) is -0.770. The first-order chi connectivity index (χ1) is 8.49. The fourth-order valence-electron chi connectivity index (χ4n) is 1.62. The van der Waals surface area contributed by atoms with Crippen LogP contribution in [-0.4, -0.2) is 18.6 Å². The Kier molecular flexibility index (Phi) is 3.25. The van der Waals surface area contributed by atoms with Crippen LogP contribution in [0.15, 0.2) is 53.4 Å². The third-order valence-corrected chi connectivity index (χ3v) is 4.19. The van der Waals surface area contributed by atoms with Gasteiger partial charge in [0, 0.05) is 6.07 Å². The lowest BCUT2D eigenvalue weighted by Crippen LogP contribution is -2.05. The van der Waals surface area contributed by atoms with Gasteiger partial charge in [0.05, 0.1) is 5.75 Å². The van der Waals surface area contributed by atoms with Gasteiger partial charge in [0.15, 0.2) is 9.84 Å². The first-order valence-electron chi connectivity index (χ1n) is 5.28. The van der Waals surface area contributed by atoms with Gasteiger partial charge in [-0.1, -0.05) is 30.3 Å². The van der Waals surface area contributed by atoms with Crippen molar-refractivity contribution in [1.82, 2.24) is 0 Å². The largest absolute Gasteiger partial charge is 0.508 e. The van der Waals surface area contributed by atoms with Crippen molar-refractivity contribution < 1.29 is 18.6 Å². The minimum atomic E-state index is -3.68. The molecule has 18 heavy (non-hydrogen) atoms. The van der Waals surface area contributed by atoms with E-state index in [-0.39, 0.29) is 22.1 Å². The van der Waals surface area contributed by atoms with E-state index in [0.717, 1.165) is 12.1 Å². The molecule has 0 unspecified atom stereocenters. The summed E-state index contributed by atoms with van der Waals surface area (Å²) >= 11 is 0. The molecule has 2 rings (SSSR count). The molecular weight excluding hydrogens is 252 g/mol. The molecule has 2 N–H and O–H groups in total. The molecule has 0 atom stereocenters. The number of sulfone groups is 1. The molecule has 94 valence electrons. The molecule has 0 saturated carbocycles. The van der Waals surface area contributed by atoms with E-state index in [0.29, 0.717) is 5.56 Å². The summed E-state index contributed by atoms with van der Waals surface area (Å²) in [6.07, 6.45) is 0. The molecule has 0 radical (unpaired) electrons. The Balaban J connectivity index is 2.40. The number of benzene rings is 2. The van der Waals surface area contributed by atoms with E-state index >= 15 is 0 Å². The van der Waals surface area contributed by atoms with Crippen LogP contribution in [0.4, 0.5) is 0 Å². The summed E-state index contributed by atoms with van der Waals surface area (Å²) in [6, 6.07) is 12.1. The van der Waals surface area contributed by atoms with E-state index in [1.807, 2.05) is 0 Å². The highest BCUT2D eigenvalue weighted by Crippen LogP contribution is 2.29. The molecule has 0 saturated heterocycles. The summed E-state index contributed by atoms with van der Waals surface area (Å²) in [7, 11) is -3.68. The molecule has 0 spiro atoms. The molecule has 2 aromatic carbocycles. The smallest absolute Gasteiger partial charge is 0.186 e. The van der Waals surface area contributed by atoms with Crippen LogP contribution in [0.5, 0.6) is 11.5 Å². The van der Waals surface area contributed by atoms with Gasteiger partial charge >= 0.3 is 0 Å². The van der Waals surface area contributed by atoms with Gasteiger partial charge in [0.1, 0.15) is 16.4 Å². The molecule has 0 bridgehead atoms.